The Bertz CT molecular complexity index is 762. The van der Waals surface area contributed by atoms with Crippen LogP contribution in [-0.2, 0) is 4.74 Å². The van der Waals surface area contributed by atoms with Crippen molar-refractivity contribution in [2.45, 2.75) is 6.92 Å². The molecule has 23 heavy (non-hydrogen) atoms. The molecule has 3 rings (SSSR count). The fourth-order valence-electron chi connectivity index (χ4n) is 2.40. The maximum atomic E-state index is 12.3. The first-order chi connectivity index (χ1) is 11.1. The number of carbonyl (C=O) groups excluding carboxylic acids is 2. The summed E-state index contributed by atoms with van der Waals surface area (Å²) < 4.78 is 4.92. The summed E-state index contributed by atoms with van der Waals surface area (Å²) in [6, 6.07) is 15.0. The highest BCUT2D eigenvalue weighted by Gasteiger charge is 2.23. The van der Waals surface area contributed by atoms with Gasteiger partial charge in [0.2, 0.25) is 0 Å². The zero-order valence-corrected chi connectivity index (χ0v) is 12.9. The van der Waals surface area contributed by atoms with E-state index in [1.807, 2.05) is 31.2 Å². The lowest BCUT2D eigenvalue weighted by Gasteiger charge is -2.13. The predicted octanol–water partition coefficient (Wildman–Crippen LogP) is 3.85. The summed E-state index contributed by atoms with van der Waals surface area (Å²) in [5.41, 5.74) is 3.38. The van der Waals surface area contributed by atoms with Gasteiger partial charge in [0.05, 0.1) is 6.54 Å². The van der Waals surface area contributed by atoms with Crippen LogP contribution in [0.2, 0.25) is 0 Å². The zero-order chi connectivity index (χ0) is 16.2. The Balaban J connectivity index is 1.77. The number of carbonyl (C=O) groups is 2. The minimum Gasteiger partial charge on any atom is -0.447 e. The molecular weight excluding hydrogens is 290 g/mol. The number of anilines is 1. The van der Waals surface area contributed by atoms with E-state index in [-0.39, 0.29) is 11.9 Å². The Morgan fingerprint density at radius 2 is 1.96 bits per heavy atom. The molecule has 1 amide bonds. The maximum Gasteiger partial charge on any atom is 0.414 e. The van der Waals surface area contributed by atoms with E-state index >= 15 is 0 Å². The molecule has 1 aliphatic rings. The quantitative estimate of drug-likeness (QED) is 0.637. The van der Waals surface area contributed by atoms with E-state index < -0.39 is 0 Å². The van der Waals surface area contributed by atoms with Crippen LogP contribution in [0.5, 0.6) is 0 Å². The number of ether oxygens (including phenoxy) is 1. The average Bonchev–Trinajstić information content (AvgIpc) is 3.00. The summed E-state index contributed by atoms with van der Waals surface area (Å²) in [4.78, 5) is 25.4. The molecule has 0 aromatic heterocycles. The summed E-state index contributed by atoms with van der Waals surface area (Å²) in [5, 5.41) is 0. The molecule has 4 heteroatoms. The molecule has 0 unspecified atom stereocenters. The van der Waals surface area contributed by atoms with Crippen molar-refractivity contribution in [3.05, 3.63) is 71.3 Å². The second-order valence-corrected chi connectivity index (χ2v) is 5.42. The second kappa shape index (κ2) is 6.48. The summed E-state index contributed by atoms with van der Waals surface area (Å²) in [6.45, 7) is 2.91. The molecule has 1 saturated heterocycles. The van der Waals surface area contributed by atoms with Crippen LogP contribution in [0, 0.1) is 6.92 Å². The lowest BCUT2D eigenvalue weighted by molar-refractivity contribution is 0.104. The number of amides is 1. The van der Waals surface area contributed by atoms with Crippen LogP contribution in [0.4, 0.5) is 10.5 Å². The van der Waals surface area contributed by atoms with Crippen molar-refractivity contribution < 1.29 is 14.3 Å². The van der Waals surface area contributed by atoms with Crippen molar-refractivity contribution in [1.29, 1.82) is 0 Å². The van der Waals surface area contributed by atoms with Gasteiger partial charge >= 0.3 is 6.09 Å². The number of aryl methyl sites for hydroxylation is 1. The number of ketones is 1. The Hall–Kier alpha value is -2.88. The van der Waals surface area contributed by atoms with Gasteiger partial charge in [-0.1, -0.05) is 48.0 Å². The molecule has 1 aliphatic heterocycles. The Labute approximate surface area is 135 Å². The van der Waals surface area contributed by atoms with Crippen molar-refractivity contribution in [3.63, 3.8) is 0 Å². The number of nitrogens with zero attached hydrogens (tertiary/aromatic N) is 1. The normalized spacial score (nSPS) is 14.3. The first kappa shape index (κ1) is 15.0. The molecule has 0 saturated carbocycles. The van der Waals surface area contributed by atoms with Crippen LogP contribution in [0.1, 0.15) is 21.5 Å². The summed E-state index contributed by atoms with van der Waals surface area (Å²) in [6.07, 6.45) is 2.97. The lowest BCUT2D eigenvalue weighted by Crippen LogP contribution is -2.23. The molecule has 2 aromatic carbocycles. The molecule has 0 N–H and O–H groups in total. The molecule has 1 heterocycles. The summed E-state index contributed by atoms with van der Waals surface area (Å²) >= 11 is 0. The van der Waals surface area contributed by atoms with Gasteiger partial charge in [0.1, 0.15) is 6.61 Å². The Morgan fingerprint density at radius 3 is 2.65 bits per heavy atom. The summed E-state index contributed by atoms with van der Waals surface area (Å²) in [7, 11) is 0. The number of hydrogen-bond acceptors (Lipinski definition) is 3. The Morgan fingerprint density at radius 1 is 1.17 bits per heavy atom. The van der Waals surface area contributed by atoms with Crippen molar-refractivity contribution in [2.24, 2.45) is 0 Å². The van der Waals surface area contributed by atoms with E-state index in [0.29, 0.717) is 24.4 Å². The summed E-state index contributed by atoms with van der Waals surface area (Å²) in [5.74, 6) is -0.0972. The lowest BCUT2D eigenvalue weighted by atomic mass is 10.1. The van der Waals surface area contributed by atoms with Gasteiger partial charge in [-0.15, -0.1) is 0 Å². The molecule has 0 radical (unpaired) electrons. The minimum absolute atomic E-state index is 0.0972. The number of cyclic esters (lactones) is 1. The zero-order valence-electron chi connectivity index (χ0n) is 12.9. The smallest absolute Gasteiger partial charge is 0.414 e. The van der Waals surface area contributed by atoms with Gasteiger partial charge in [-0.25, -0.2) is 4.79 Å². The van der Waals surface area contributed by atoms with E-state index in [2.05, 4.69) is 0 Å². The van der Waals surface area contributed by atoms with Crippen LogP contribution in [0.3, 0.4) is 0 Å². The topological polar surface area (TPSA) is 46.6 Å². The van der Waals surface area contributed by atoms with Gasteiger partial charge in [-0.3, -0.25) is 9.69 Å². The maximum absolute atomic E-state index is 12.3. The molecular formula is C19H17NO3. The molecule has 4 nitrogen and oxygen atoms in total. The standard InChI is InChI=1S/C19H17NO3/c1-14-5-7-15(8-6-14)9-10-18(21)16-3-2-4-17(13-16)20-11-12-23-19(20)22/h2-10,13H,11-12H2,1H3/b10-9+. The van der Waals surface area contributed by atoms with Crippen molar-refractivity contribution >= 4 is 23.6 Å². The fourth-order valence-corrected chi connectivity index (χ4v) is 2.40. The van der Waals surface area contributed by atoms with Gasteiger partial charge in [-0.2, -0.15) is 0 Å². The third-order valence-corrected chi connectivity index (χ3v) is 3.71. The van der Waals surface area contributed by atoms with Gasteiger partial charge in [0, 0.05) is 11.3 Å². The van der Waals surface area contributed by atoms with Gasteiger partial charge in [0.25, 0.3) is 0 Å². The SMILES string of the molecule is Cc1ccc(/C=C/C(=O)c2cccc(N3CCOC3=O)c2)cc1. The van der Waals surface area contributed by atoms with E-state index in [1.165, 1.54) is 10.5 Å². The number of benzene rings is 2. The van der Waals surface area contributed by atoms with E-state index in [9.17, 15) is 9.59 Å². The van der Waals surface area contributed by atoms with Gasteiger partial charge < -0.3 is 4.74 Å². The largest absolute Gasteiger partial charge is 0.447 e. The highest BCUT2D eigenvalue weighted by molar-refractivity contribution is 6.07. The first-order valence-electron chi connectivity index (χ1n) is 7.47. The molecule has 0 spiro atoms. The van der Waals surface area contributed by atoms with Crippen LogP contribution in [-0.4, -0.2) is 25.0 Å². The van der Waals surface area contributed by atoms with Crippen molar-refractivity contribution in [3.8, 4) is 0 Å². The van der Waals surface area contributed by atoms with Crippen molar-refractivity contribution in [1.82, 2.24) is 0 Å². The van der Waals surface area contributed by atoms with Crippen LogP contribution < -0.4 is 4.90 Å². The van der Waals surface area contributed by atoms with E-state index in [1.54, 1.807) is 36.4 Å². The number of rotatable bonds is 4. The molecule has 0 aliphatic carbocycles. The Kier molecular flexibility index (Phi) is 4.24. The van der Waals surface area contributed by atoms with Crippen LogP contribution >= 0.6 is 0 Å². The molecule has 1 fully saturated rings. The highest BCUT2D eigenvalue weighted by atomic mass is 16.6. The molecule has 0 atom stereocenters. The number of hydrogen-bond donors (Lipinski definition) is 0. The second-order valence-electron chi connectivity index (χ2n) is 5.42. The fraction of sp³-hybridized carbons (Fsp3) is 0.158. The van der Waals surface area contributed by atoms with Crippen molar-refractivity contribution in [2.75, 3.05) is 18.1 Å². The third kappa shape index (κ3) is 3.48. The van der Waals surface area contributed by atoms with E-state index in [0.717, 1.165) is 5.56 Å². The third-order valence-electron chi connectivity index (χ3n) is 3.71. The first-order valence-corrected chi connectivity index (χ1v) is 7.47. The minimum atomic E-state index is -0.371. The molecule has 2 aromatic rings. The number of allylic oxidation sites excluding steroid dienone is 1. The van der Waals surface area contributed by atoms with Crippen LogP contribution in [0.15, 0.2) is 54.6 Å². The average molecular weight is 307 g/mol. The molecule has 116 valence electrons. The van der Waals surface area contributed by atoms with Crippen LogP contribution in [0.25, 0.3) is 6.08 Å². The molecule has 0 bridgehead atoms. The predicted molar refractivity (Wildman–Crippen MR) is 89.7 cm³/mol. The van der Waals surface area contributed by atoms with Gasteiger partial charge in [0.15, 0.2) is 5.78 Å². The monoisotopic (exact) mass is 307 g/mol. The van der Waals surface area contributed by atoms with E-state index in [4.69, 9.17) is 4.74 Å². The highest BCUT2D eigenvalue weighted by Crippen LogP contribution is 2.20. The van der Waals surface area contributed by atoms with Gasteiger partial charge in [-0.05, 0) is 30.7 Å².